The van der Waals surface area contributed by atoms with Crippen LogP contribution < -0.4 is 5.32 Å². The summed E-state index contributed by atoms with van der Waals surface area (Å²) in [7, 11) is 1.56. The Hall–Kier alpha value is -2.76. The second kappa shape index (κ2) is 4.49. The predicted molar refractivity (Wildman–Crippen MR) is 70.1 cm³/mol. The summed E-state index contributed by atoms with van der Waals surface area (Å²) in [4.78, 5) is 15.7. The van der Waals surface area contributed by atoms with E-state index in [0.717, 1.165) is 11.0 Å². The van der Waals surface area contributed by atoms with Crippen molar-refractivity contribution in [1.82, 2.24) is 25.1 Å². The lowest BCUT2D eigenvalue weighted by atomic mass is 10.3. The number of rotatable bonds is 2. The van der Waals surface area contributed by atoms with Gasteiger partial charge in [-0.05, 0) is 24.3 Å². The van der Waals surface area contributed by atoms with Crippen molar-refractivity contribution in [2.45, 2.75) is 0 Å². The van der Waals surface area contributed by atoms with Crippen LogP contribution in [0, 0.1) is 0 Å². The van der Waals surface area contributed by atoms with Gasteiger partial charge in [0.25, 0.3) is 5.91 Å². The Bertz CT molecular complexity index is 732. The molecular formula is C13H11N5O. The van der Waals surface area contributed by atoms with Gasteiger partial charge in [0.05, 0.1) is 11.0 Å². The topological polar surface area (TPSA) is 72.7 Å². The zero-order valence-corrected chi connectivity index (χ0v) is 10.2. The number of para-hydroxylation sites is 2. The summed E-state index contributed by atoms with van der Waals surface area (Å²) in [6.45, 7) is 0. The molecule has 1 amide bonds. The Kier molecular flexibility index (Phi) is 2.68. The number of benzene rings is 1. The molecule has 0 spiro atoms. The van der Waals surface area contributed by atoms with Crippen molar-refractivity contribution in [3.05, 3.63) is 48.4 Å². The van der Waals surface area contributed by atoms with Crippen LogP contribution in [0.15, 0.2) is 42.7 Å². The minimum absolute atomic E-state index is 0.255. The average Bonchev–Trinajstić information content (AvgIpc) is 2.90. The summed E-state index contributed by atoms with van der Waals surface area (Å²) in [6.07, 6.45) is 1.69. The first kappa shape index (κ1) is 11.3. The van der Waals surface area contributed by atoms with E-state index in [4.69, 9.17) is 0 Å². The van der Waals surface area contributed by atoms with Crippen LogP contribution in [0.5, 0.6) is 0 Å². The number of hydrogen-bond donors (Lipinski definition) is 1. The van der Waals surface area contributed by atoms with Crippen molar-refractivity contribution in [2.75, 3.05) is 7.05 Å². The maximum Gasteiger partial charge on any atom is 0.271 e. The molecule has 0 aliphatic heterocycles. The summed E-state index contributed by atoms with van der Waals surface area (Å²) in [5.74, 6) is 0.371. The smallest absolute Gasteiger partial charge is 0.271 e. The van der Waals surface area contributed by atoms with Crippen molar-refractivity contribution in [1.29, 1.82) is 0 Å². The van der Waals surface area contributed by atoms with Crippen LogP contribution in [0.25, 0.3) is 16.9 Å². The average molecular weight is 253 g/mol. The molecular weight excluding hydrogens is 242 g/mol. The minimum atomic E-state index is -0.255. The van der Waals surface area contributed by atoms with Gasteiger partial charge >= 0.3 is 0 Å². The van der Waals surface area contributed by atoms with Crippen molar-refractivity contribution in [2.24, 2.45) is 0 Å². The molecule has 2 heterocycles. The molecule has 1 N–H and O–H groups in total. The Morgan fingerprint density at radius 1 is 1.16 bits per heavy atom. The van der Waals surface area contributed by atoms with Crippen LogP contribution in [0.1, 0.15) is 10.5 Å². The van der Waals surface area contributed by atoms with Crippen LogP contribution in [-0.4, -0.2) is 32.7 Å². The summed E-state index contributed by atoms with van der Waals surface area (Å²) >= 11 is 0. The second-order valence-corrected chi connectivity index (χ2v) is 3.96. The summed E-state index contributed by atoms with van der Waals surface area (Å²) in [6, 6.07) is 11.1. The minimum Gasteiger partial charge on any atom is -0.354 e. The van der Waals surface area contributed by atoms with Crippen LogP contribution in [0.4, 0.5) is 0 Å². The van der Waals surface area contributed by atoms with Gasteiger partial charge in [-0.2, -0.15) is 0 Å². The largest absolute Gasteiger partial charge is 0.354 e. The Labute approximate surface area is 109 Å². The third-order valence-corrected chi connectivity index (χ3v) is 2.81. The highest BCUT2D eigenvalue weighted by atomic mass is 16.1. The number of hydrogen-bond acceptors (Lipinski definition) is 4. The zero-order valence-electron chi connectivity index (χ0n) is 10.2. The SMILES string of the molecule is CNC(=O)c1ccc(-n2cnc3ccccc32)nn1. The van der Waals surface area contributed by atoms with Gasteiger partial charge in [-0.25, -0.2) is 4.98 Å². The molecule has 2 aromatic heterocycles. The molecule has 0 unspecified atom stereocenters. The van der Waals surface area contributed by atoms with E-state index in [9.17, 15) is 4.79 Å². The molecule has 6 heteroatoms. The molecule has 0 radical (unpaired) electrons. The van der Waals surface area contributed by atoms with Gasteiger partial charge in [0.1, 0.15) is 6.33 Å². The number of carbonyl (C=O) groups is 1. The predicted octanol–water partition coefficient (Wildman–Crippen LogP) is 1.18. The lowest BCUT2D eigenvalue weighted by molar-refractivity contribution is 0.0957. The quantitative estimate of drug-likeness (QED) is 0.744. The van der Waals surface area contributed by atoms with E-state index >= 15 is 0 Å². The van der Waals surface area contributed by atoms with E-state index < -0.39 is 0 Å². The van der Waals surface area contributed by atoms with Crippen molar-refractivity contribution in [3.8, 4) is 5.82 Å². The summed E-state index contributed by atoms with van der Waals surface area (Å²) in [5.41, 5.74) is 2.12. The molecule has 94 valence electrons. The molecule has 1 aromatic carbocycles. The van der Waals surface area contributed by atoms with E-state index in [1.807, 2.05) is 28.8 Å². The van der Waals surface area contributed by atoms with E-state index in [-0.39, 0.29) is 11.6 Å². The molecule has 0 atom stereocenters. The van der Waals surface area contributed by atoms with Gasteiger partial charge in [-0.15, -0.1) is 10.2 Å². The van der Waals surface area contributed by atoms with Gasteiger partial charge in [0.2, 0.25) is 0 Å². The molecule has 0 saturated carbocycles. The fourth-order valence-corrected chi connectivity index (χ4v) is 1.84. The van der Waals surface area contributed by atoms with E-state index in [2.05, 4.69) is 20.5 Å². The molecule has 0 bridgehead atoms. The maximum absolute atomic E-state index is 11.4. The molecule has 0 saturated heterocycles. The Morgan fingerprint density at radius 2 is 2.00 bits per heavy atom. The number of nitrogens with one attached hydrogen (secondary N) is 1. The van der Waals surface area contributed by atoms with Crippen molar-refractivity contribution >= 4 is 16.9 Å². The maximum atomic E-state index is 11.4. The van der Waals surface area contributed by atoms with E-state index in [1.54, 1.807) is 25.5 Å². The molecule has 0 aliphatic rings. The number of amides is 1. The number of carbonyl (C=O) groups excluding carboxylic acids is 1. The molecule has 6 nitrogen and oxygen atoms in total. The monoisotopic (exact) mass is 253 g/mol. The van der Waals surface area contributed by atoms with E-state index in [1.165, 1.54) is 0 Å². The van der Waals surface area contributed by atoms with Gasteiger partial charge in [0.15, 0.2) is 11.5 Å². The van der Waals surface area contributed by atoms with Crippen LogP contribution in [0.3, 0.4) is 0 Å². The lowest BCUT2D eigenvalue weighted by Crippen LogP contribution is -2.19. The number of fused-ring (bicyclic) bond motifs is 1. The Balaban J connectivity index is 2.05. The first-order valence-electron chi connectivity index (χ1n) is 5.78. The zero-order chi connectivity index (χ0) is 13.2. The normalized spacial score (nSPS) is 10.6. The second-order valence-electron chi connectivity index (χ2n) is 3.96. The molecule has 0 aliphatic carbocycles. The fraction of sp³-hybridized carbons (Fsp3) is 0.0769. The third kappa shape index (κ3) is 1.93. The first-order valence-corrected chi connectivity index (χ1v) is 5.78. The number of imidazole rings is 1. The fourth-order valence-electron chi connectivity index (χ4n) is 1.84. The summed E-state index contributed by atoms with van der Waals surface area (Å²) < 4.78 is 1.83. The standard InChI is InChI=1S/C13H11N5O/c1-14-13(19)10-6-7-12(17-16-10)18-8-15-9-4-2-3-5-11(9)18/h2-8H,1H3,(H,14,19). The van der Waals surface area contributed by atoms with Gasteiger partial charge < -0.3 is 5.32 Å². The first-order chi connectivity index (χ1) is 9.29. The molecule has 3 rings (SSSR count). The highest BCUT2D eigenvalue weighted by Gasteiger charge is 2.08. The highest BCUT2D eigenvalue weighted by molar-refractivity contribution is 5.91. The van der Waals surface area contributed by atoms with Crippen molar-refractivity contribution in [3.63, 3.8) is 0 Å². The van der Waals surface area contributed by atoms with Crippen LogP contribution >= 0.6 is 0 Å². The highest BCUT2D eigenvalue weighted by Crippen LogP contribution is 2.15. The molecule has 19 heavy (non-hydrogen) atoms. The molecule has 0 fully saturated rings. The van der Waals surface area contributed by atoms with Gasteiger partial charge in [-0.3, -0.25) is 9.36 Å². The summed E-state index contributed by atoms with van der Waals surface area (Å²) in [5, 5.41) is 10.5. The number of aromatic nitrogens is 4. The van der Waals surface area contributed by atoms with Crippen LogP contribution in [-0.2, 0) is 0 Å². The van der Waals surface area contributed by atoms with Crippen LogP contribution in [0.2, 0.25) is 0 Å². The third-order valence-electron chi connectivity index (χ3n) is 2.81. The van der Waals surface area contributed by atoms with Crippen molar-refractivity contribution < 1.29 is 4.79 Å². The van der Waals surface area contributed by atoms with Gasteiger partial charge in [0, 0.05) is 7.05 Å². The molecule has 3 aromatic rings. The van der Waals surface area contributed by atoms with E-state index in [0.29, 0.717) is 5.82 Å². The van der Waals surface area contributed by atoms with Gasteiger partial charge in [-0.1, -0.05) is 12.1 Å². The lowest BCUT2D eigenvalue weighted by Gasteiger charge is -2.03. The Morgan fingerprint density at radius 3 is 2.74 bits per heavy atom. The number of nitrogens with zero attached hydrogens (tertiary/aromatic N) is 4.